The van der Waals surface area contributed by atoms with Gasteiger partial charge in [0, 0.05) is 22.9 Å². The van der Waals surface area contributed by atoms with Gasteiger partial charge in [-0.05, 0) is 53.5 Å². The number of ketones is 1. The predicted molar refractivity (Wildman–Crippen MR) is 105 cm³/mol. The maximum atomic E-state index is 12.3. The first kappa shape index (κ1) is 19.8. The van der Waals surface area contributed by atoms with Crippen molar-refractivity contribution in [2.75, 3.05) is 11.9 Å². The van der Waals surface area contributed by atoms with Crippen molar-refractivity contribution in [1.82, 2.24) is 5.32 Å². The van der Waals surface area contributed by atoms with Gasteiger partial charge in [-0.3, -0.25) is 14.4 Å². The third kappa shape index (κ3) is 5.81. The van der Waals surface area contributed by atoms with E-state index in [1.165, 1.54) is 0 Å². The van der Waals surface area contributed by atoms with E-state index < -0.39 is 0 Å². The van der Waals surface area contributed by atoms with Crippen molar-refractivity contribution < 1.29 is 14.4 Å². The molecule has 0 atom stereocenters. The summed E-state index contributed by atoms with van der Waals surface area (Å²) in [7, 11) is 0. The lowest BCUT2D eigenvalue weighted by Crippen LogP contribution is -2.33. The standard InChI is InChI=1S/C20H21BrN2O3/c1-13-7-8-14(2)15(11-13)18(24)9-10-19(25)22-12-20(26)23-17-6-4-3-5-16(17)21/h3-8,11H,9-10,12H2,1-2H3,(H,22,25)(H,23,26). The van der Waals surface area contributed by atoms with Gasteiger partial charge in [0.05, 0.1) is 12.2 Å². The van der Waals surface area contributed by atoms with Crippen molar-refractivity contribution >= 4 is 39.2 Å². The molecule has 0 aromatic heterocycles. The van der Waals surface area contributed by atoms with E-state index >= 15 is 0 Å². The lowest BCUT2D eigenvalue weighted by molar-refractivity contribution is -0.124. The molecule has 0 unspecified atom stereocenters. The molecule has 2 aromatic carbocycles. The highest BCUT2D eigenvalue weighted by Crippen LogP contribution is 2.20. The summed E-state index contributed by atoms with van der Waals surface area (Å²) >= 11 is 3.34. The van der Waals surface area contributed by atoms with E-state index in [2.05, 4.69) is 26.6 Å². The Balaban J connectivity index is 1.78. The first-order valence-electron chi connectivity index (χ1n) is 8.28. The van der Waals surface area contributed by atoms with Crippen molar-refractivity contribution in [2.45, 2.75) is 26.7 Å². The highest BCUT2D eigenvalue weighted by Gasteiger charge is 2.13. The smallest absolute Gasteiger partial charge is 0.243 e. The molecular weight excluding hydrogens is 396 g/mol. The van der Waals surface area contributed by atoms with E-state index in [0.29, 0.717) is 11.3 Å². The highest BCUT2D eigenvalue weighted by atomic mass is 79.9. The number of amides is 2. The molecule has 136 valence electrons. The van der Waals surface area contributed by atoms with Gasteiger partial charge in [-0.1, -0.05) is 29.8 Å². The maximum absolute atomic E-state index is 12.3. The molecule has 0 spiro atoms. The van der Waals surface area contributed by atoms with E-state index in [0.717, 1.165) is 15.6 Å². The van der Waals surface area contributed by atoms with E-state index in [-0.39, 0.29) is 37.0 Å². The summed E-state index contributed by atoms with van der Waals surface area (Å²) in [5, 5.41) is 5.24. The number of benzene rings is 2. The minimum atomic E-state index is -0.328. The molecular formula is C20H21BrN2O3. The minimum Gasteiger partial charge on any atom is -0.347 e. The van der Waals surface area contributed by atoms with Crippen molar-refractivity contribution in [1.29, 1.82) is 0 Å². The fourth-order valence-corrected chi connectivity index (χ4v) is 2.81. The first-order chi connectivity index (χ1) is 12.4. The molecule has 0 aliphatic heterocycles. The number of carbonyl (C=O) groups is 3. The zero-order valence-corrected chi connectivity index (χ0v) is 16.4. The monoisotopic (exact) mass is 416 g/mol. The van der Waals surface area contributed by atoms with E-state index in [1.54, 1.807) is 12.1 Å². The summed E-state index contributed by atoms with van der Waals surface area (Å²) in [6.45, 7) is 3.66. The quantitative estimate of drug-likeness (QED) is 0.674. The van der Waals surface area contributed by atoms with Gasteiger partial charge in [-0.15, -0.1) is 0 Å². The predicted octanol–water partition coefficient (Wildman–Crippen LogP) is 3.78. The SMILES string of the molecule is Cc1ccc(C)c(C(=O)CCC(=O)NCC(=O)Nc2ccccc2Br)c1. The van der Waals surface area contributed by atoms with E-state index in [1.807, 2.05) is 44.2 Å². The van der Waals surface area contributed by atoms with Crippen LogP contribution in [0.3, 0.4) is 0 Å². The van der Waals surface area contributed by atoms with Gasteiger partial charge in [-0.25, -0.2) is 0 Å². The minimum absolute atomic E-state index is 0.0501. The number of hydrogen-bond donors (Lipinski definition) is 2. The van der Waals surface area contributed by atoms with Crippen molar-refractivity contribution in [2.24, 2.45) is 0 Å². The Labute approximate surface area is 161 Å². The molecule has 0 fully saturated rings. The fourth-order valence-electron chi connectivity index (χ4n) is 2.42. The zero-order chi connectivity index (χ0) is 19.1. The van der Waals surface area contributed by atoms with Gasteiger partial charge < -0.3 is 10.6 Å². The molecule has 0 saturated heterocycles. The van der Waals surface area contributed by atoms with Crippen LogP contribution in [0.5, 0.6) is 0 Å². The van der Waals surface area contributed by atoms with Crippen LogP contribution >= 0.6 is 15.9 Å². The molecule has 0 radical (unpaired) electrons. The van der Waals surface area contributed by atoms with Gasteiger partial charge in [0.15, 0.2) is 5.78 Å². The molecule has 26 heavy (non-hydrogen) atoms. The largest absolute Gasteiger partial charge is 0.347 e. The van der Waals surface area contributed by atoms with Crippen molar-refractivity contribution in [3.63, 3.8) is 0 Å². The van der Waals surface area contributed by atoms with Crippen LogP contribution in [0.1, 0.15) is 34.3 Å². The topological polar surface area (TPSA) is 75.3 Å². The number of carbonyl (C=O) groups excluding carboxylic acids is 3. The number of hydrogen-bond acceptors (Lipinski definition) is 3. The Morgan fingerprint density at radius 1 is 0.962 bits per heavy atom. The van der Waals surface area contributed by atoms with E-state index in [9.17, 15) is 14.4 Å². The number of Topliss-reactive ketones (excluding diaryl/α,β-unsaturated/α-hetero) is 1. The number of nitrogens with one attached hydrogen (secondary N) is 2. The molecule has 2 rings (SSSR count). The summed E-state index contributed by atoms with van der Waals surface area (Å²) in [4.78, 5) is 36.1. The Bertz CT molecular complexity index is 834. The van der Waals surface area contributed by atoms with Crippen molar-refractivity contribution in [3.8, 4) is 0 Å². The number of aryl methyl sites for hydroxylation is 2. The number of rotatable bonds is 7. The van der Waals surface area contributed by atoms with Gasteiger partial charge >= 0.3 is 0 Å². The summed E-state index contributed by atoms with van der Waals surface area (Å²) in [6, 6.07) is 12.9. The maximum Gasteiger partial charge on any atom is 0.243 e. The molecule has 0 aliphatic carbocycles. The van der Waals surface area contributed by atoms with Crippen LogP contribution < -0.4 is 10.6 Å². The van der Waals surface area contributed by atoms with Crippen LogP contribution in [-0.4, -0.2) is 24.1 Å². The zero-order valence-electron chi connectivity index (χ0n) is 14.8. The summed E-state index contributed by atoms with van der Waals surface area (Å²) in [5.74, 6) is -0.726. The van der Waals surface area contributed by atoms with Crippen LogP contribution in [0.4, 0.5) is 5.69 Å². The van der Waals surface area contributed by atoms with Crippen LogP contribution in [0, 0.1) is 13.8 Å². The number of para-hydroxylation sites is 1. The second-order valence-electron chi connectivity index (χ2n) is 6.05. The second kappa shape index (κ2) is 9.29. The lowest BCUT2D eigenvalue weighted by atomic mass is 9.99. The number of anilines is 1. The molecule has 6 heteroatoms. The molecule has 2 aromatic rings. The first-order valence-corrected chi connectivity index (χ1v) is 9.07. The molecule has 2 amide bonds. The molecule has 5 nitrogen and oxygen atoms in total. The third-order valence-corrected chi connectivity index (χ3v) is 4.56. The molecule has 0 aliphatic rings. The van der Waals surface area contributed by atoms with E-state index in [4.69, 9.17) is 0 Å². The highest BCUT2D eigenvalue weighted by molar-refractivity contribution is 9.10. The van der Waals surface area contributed by atoms with Crippen LogP contribution in [0.25, 0.3) is 0 Å². The number of halogens is 1. The molecule has 2 N–H and O–H groups in total. The molecule has 0 heterocycles. The van der Waals surface area contributed by atoms with Gasteiger partial charge in [0.2, 0.25) is 11.8 Å². The Kier molecular flexibility index (Phi) is 7.09. The molecule has 0 saturated carbocycles. The second-order valence-corrected chi connectivity index (χ2v) is 6.90. The van der Waals surface area contributed by atoms with Crippen molar-refractivity contribution in [3.05, 3.63) is 63.6 Å². The molecule has 0 bridgehead atoms. The average Bonchev–Trinajstić information content (AvgIpc) is 2.62. The van der Waals surface area contributed by atoms with Gasteiger partial charge in [0.1, 0.15) is 0 Å². The summed E-state index contributed by atoms with van der Waals surface area (Å²) in [5.41, 5.74) is 3.18. The third-order valence-electron chi connectivity index (χ3n) is 3.87. The average molecular weight is 417 g/mol. The summed E-state index contributed by atoms with van der Waals surface area (Å²) in [6.07, 6.45) is 0.163. The Morgan fingerprint density at radius 2 is 1.69 bits per heavy atom. The van der Waals surface area contributed by atoms with Crippen LogP contribution in [0.15, 0.2) is 46.9 Å². The van der Waals surface area contributed by atoms with Crippen LogP contribution in [0.2, 0.25) is 0 Å². The Hall–Kier alpha value is -2.47. The Morgan fingerprint density at radius 3 is 2.42 bits per heavy atom. The van der Waals surface area contributed by atoms with Gasteiger partial charge in [-0.2, -0.15) is 0 Å². The summed E-state index contributed by atoms with van der Waals surface area (Å²) < 4.78 is 0.763. The normalized spacial score (nSPS) is 10.3. The van der Waals surface area contributed by atoms with Crippen LogP contribution in [-0.2, 0) is 9.59 Å². The fraction of sp³-hybridized carbons (Fsp3) is 0.250. The van der Waals surface area contributed by atoms with Gasteiger partial charge in [0.25, 0.3) is 0 Å². The lowest BCUT2D eigenvalue weighted by Gasteiger charge is -2.09.